The molecule has 9 rings (SSSR count). The van der Waals surface area contributed by atoms with Crippen LogP contribution >= 0.6 is 0 Å². The van der Waals surface area contributed by atoms with Crippen LogP contribution in [0, 0.1) is 37.3 Å². The first-order valence-electron chi connectivity index (χ1n) is 32.3. The third-order valence-corrected chi connectivity index (χ3v) is 17.4. The van der Waals surface area contributed by atoms with E-state index in [2.05, 4.69) is 187 Å². The summed E-state index contributed by atoms with van der Waals surface area (Å²) in [6.07, 6.45) is 1.15. The Hall–Kier alpha value is -8.93. The molecule has 6 aromatic carbocycles. The summed E-state index contributed by atoms with van der Waals surface area (Å²) in [5.74, 6) is 16.7. The zero-order valence-electron chi connectivity index (χ0n) is 56.3. The molecular formula is C75H90BN9O9S+2. The molecule has 1 unspecified atom stereocenters. The number of aromatic nitrogens is 1. The van der Waals surface area contributed by atoms with Gasteiger partial charge in [-0.15, -0.1) is 0 Å². The smallest absolute Gasteiger partial charge is 0.434 e. The van der Waals surface area contributed by atoms with E-state index in [9.17, 15) is 22.6 Å². The van der Waals surface area contributed by atoms with Crippen molar-refractivity contribution in [2.24, 2.45) is 10.7 Å². The van der Waals surface area contributed by atoms with Gasteiger partial charge in [0.05, 0.1) is 78.8 Å². The van der Waals surface area contributed by atoms with Gasteiger partial charge in [0.2, 0.25) is 5.82 Å². The second kappa shape index (κ2) is 32.0. The minimum atomic E-state index is -4.23. The van der Waals surface area contributed by atoms with Gasteiger partial charge >= 0.3 is 6.42 Å². The number of nitrogens with two attached hydrogens (primary N) is 1. The van der Waals surface area contributed by atoms with Crippen LogP contribution in [-0.4, -0.2) is 188 Å². The molecule has 20 heteroatoms. The highest BCUT2D eigenvalue weighted by Gasteiger charge is 2.50. The lowest BCUT2D eigenvalue weighted by Crippen LogP contribution is -2.58. The highest BCUT2D eigenvalue weighted by Crippen LogP contribution is 2.46. The number of amidine groups is 1. The highest BCUT2D eigenvalue weighted by molar-refractivity contribution is 7.85. The van der Waals surface area contributed by atoms with Crippen molar-refractivity contribution in [3.63, 3.8) is 0 Å². The van der Waals surface area contributed by atoms with Gasteiger partial charge in [-0.3, -0.25) is 14.1 Å². The van der Waals surface area contributed by atoms with Crippen molar-refractivity contribution in [1.29, 1.82) is 0 Å². The molecule has 0 bridgehead atoms. The summed E-state index contributed by atoms with van der Waals surface area (Å²) in [6, 6.07) is 51.1. The van der Waals surface area contributed by atoms with E-state index >= 15 is 0 Å². The van der Waals surface area contributed by atoms with Crippen LogP contribution in [0.15, 0.2) is 163 Å². The van der Waals surface area contributed by atoms with Crippen LogP contribution < -0.4 is 26.0 Å². The average Bonchev–Trinajstić information content (AvgIpc) is 1.56. The lowest BCUT2D eigenvalue weighted by atomic mass is 9.45. The second-order valence-electron chi connectivity index (χ2n) is 25.7. The van der Waals surface area contributed by atoms with E-state index in [0.717, 1.165) is 90.7 Å². The van der Waals surface area contributed by atoms with Gasteiger partial charge in [-0.1, -0.05) is 108 Å². The van der Waals surface area contributed by atoms with Gasteiger partial charge in [0, 0.05) is 85.2 Å². The molecule has 496 valence electrons. The molecule has 2 aliphatic heterocycles. The fourth-order valence-corrected chi connectivity index (χ4v) is 11.9. The maximum Gasteiger partial charge on any atom is 0.434 e. The first kappa shape index (κ1) is 70.4. The predicted molar refractivity (Wildman–Crippen MR) is 381 cm³/mol. The number of anilines is 1. The monoisotopic (exact) mass is 1300 g/mol. The van der Waals surface area contributed by atoms with E-state index < -0.39 is 28.2 Å². The number of allylic oxidation sites excluding steroid dienone is 1. The average molecular weight is 1300 g/mol. The highest BCUT2D eigenvalue weighted by atomic mass is 32.2. The molecule has 95 heavy (non-hydrogen) atoms. The van der Waals surface area contributed by atoms with Crippen LogP contribution in [0.4, 0.5) is 11.5 Å². The van der Waals surface area contributed by atoms with Crippen LogP contribution in [0.5, 0.6) is 5.75 Å². The van der Waals surface area contributed by atoms with E-state index in [4.69, 9.17) is 29.7 Å². The SMILES string of the molecule is COc1ccc(-c2cc(-c3ccc(N(C)C)cc3)c3n2[B-](C#CC[N+](C)(C)Cc2ccc(C(=O)NCCCOCCOCCOCCCN)cc2)(C#CC[N+](C)(C)Cc2ccc(C(=O)NCCS(=O)(=O)O)cc2)[N+]2=C(c4ccc(C)cc4)C=C(c4ccc(C)cc4)C2=N3)cc1. The first-order chi connectivity index (χ1) is 45.6. The van der Waals surface area contributed by atoms with Crippen LogP contribution in [0.3, 0.4) is 0 Å². The quantitative estimate of drug-likeness (QED) is 0.0110. The number of amides is 2. The summed E-state index contributed by atoms with van der Waals surface area (Å²) in [4.78, 5) is 34.3. The number of nitrogens with zero attached hydrogens (tertiary/aromatic N) is 6. The molecule has 0 aliphatic carbocycles. The van der Waals surface area contributed by atoms with Crippen molar-refractivity contribution in [3.8, 4) is 51.6 Å². The Morgan fingerprint density at radius 2 is 1.13 bits per heavy atom. The topological polar surface area (TPSA) is 199 Å². The molecule has 2 aliphatic rings. The van der Waals surface area contributed by atoms with Gasteiger partial charge in [-0.05, 0) is 128 Å². The summed E-state index contributed by atoms with van der Waals surface area (Å²) in [6.45, 7) is 10.1. The normalized spacial score (nSPS) is 14.3. The van der Waals surface area contributed by atoms with Crippen molar-refractivity contribution < 1.29 is 55.0 Å². The van der Waals surface area contributed by atoms with Gasteiger partial charge < -0.3 is 58.1 Å². The number of quaternary nitrogens is 2. The van der Waals surface area contributed by atoms with Gasteiger partial charge in [0.1, 0.15) is 31.9 Å². The molecule has 0 saturated carbocycles. The Morgan fingerprint density at radius 3 is 1.63 bits per heavy atom. The second-order valence-corrected chi connectivity index (χ2v) is 27.3. The number of ether oxygens (including phenoxy) is 4. The van der Waals surface area contributed by atoms with Gasteiger partial charge in [0.25, 0.3) is 27.8 Å². The molecule has 7 aromatic rings. The third-order valence-electron chi connectivity index (χ3n) is 16.7. The number of fused-ring (bicyclic) bond motifs is 2. The number of aryl methyl sites for hydroxylation is 2. The molecular weight excluding hydrogens is 1210 g/mol. The van der Waals surface area contributed by atoms with Crippen molar-refractivity contribution in [3.05, 3.63) is 202 Å². The first-order valence-corrected chi connectivity index (χ1v) is 33.9. The summed E-state index contributed by atoms with van der Waals surface area (Å²) in [7, 11) is 10.1. The Balaban J connectivity index is 1.11. The third kappa shape index (κ3) is 18.7. The maximum atomic E-state index is 13.3. The Kier molecular flexibility index (Phi) is 23.7. The van der Waals surface area contributed by atoms with Crippen molar-refractivity contribution in [1.82, 2.24) is 15.1 Å². The number of carbonyl (C=O) groups is 2. The van der Waals surface area contributed by atoms with Gasteiger partial charge in [-0.25, -0.2) is 11.6 Å². The molecule has 1 aromatic heterocycles. The Labute approximate surface area is 561 Å². The largest absolute Gasteiger partial charge is 0.497 e. The number of nitrogens with one attached hydrogen (secondary N) is 2. The number of hydrogen-bond acceptors (Lipinski definition) is 11. The van der Waals surface area contributed by atoms with E-state index in [-0.39, 0.29) is 12.5 Å². The number of carbonyl (C=O) groups excluding carboxylic acids is 2. The molecule has 2 amide bonds. The molecule has 0 fully saturated rings. The van der Waals surface area contributed by atoms with Crippen LogP contribution in [0.1, 0.15) is 66.9 Å². The number of benzene rings is 6. The number of hydrogen-bond donors (Lipinski definition) is 4. The summed E-state index contributed by atoms with van der Waals surface area (Å²) >= 11 is 0. The van der Waals surface area contributed by atoms with Crippen molar-refractivity contribution >= 4 is 57.0 Å². The lowest BCUT2D eigenvalue weighted by Gasteiger charge is -2.38. The summed E-state index contributed by atoms with van der Waals surface area (Å²) in [5, 5.41) is 5.61. The van der Waals surface area contributed by atoms with E-state index in [1.54, 1.807) is 19.2 Å². The number of rotatable bonds is 30. The summed E-state index contributed by atoms with van der Waals surface area (Å²) < 4.78 is 59.9. The summed E-state index contributed by atoms with van der Waals surface area (Å²) in [5.41, 5.74) is 19.3. The maximum absolute atomic E-state index is 13.3. The molecule has 5 N–H and O–H groups in total. The predicted octanol–water partition coefficient (Wildman–Crippen LogP) is 9.22. The Morgan fingerprint density at radius 1 is 0.642 bits per heavy atom. The van der Waals surface area contributed by atoms with Crippen LogP contribution in [-0.2, 0) is 37.4 Å². The van der Waals surface area contributed by atoms with Crippen molar-refractivity contribution in [2.45, 2.75) is 39.8 Å². The van der Waals surface area contributed by atoms with E-state index in [1.165, 1.54) is 0 Å². The minimum absolute atomic E-state index is 0.147. The molecule has 3 heterocycles. The minimum Gasteiger partial charge on any atom is -0.497 e. The number of methoxy groups -OCH3 is 1. The number of aliphatic imine (C=N–C) groups is 1. The van der Waals surface area contributed by atoms with Gasteiger partial charge in [0.15, 0.2) is 0 Å². The zero-order valence-corrected chi connectivity index (χ0v) is 57.1. The molecule has 1 atom stereocenters. The van der Waals surface area contributed by atoms with Crippen LogP contribution in [0.25, 0.3) is 28.0 Å². The van der Waals surface area contributed by atoms with Gasteiger partial charge in [-0.2, -0.15) is 8.42 Å². The molecule has 0 radical (unpaired) electrons. The molecule has 18 nitrogen and oxygen atoms in total. The zero-order chi connectivity index (χ0) is 67.8. The molecule has 0 spiro atoms. The standard InChI is InChI=1S/C75H88BN9O9S/c1-56-14-22-60(23-15-56)68-52-70(62-24-16-57(2)17-25-62)82-72(68)80-73-69(61-30-34-66(35-31-61)81(3)4)53-71(63-32-36-67(91-9)37-33-63)83(73)76(82,39-11-44-85(7,8)55-59-20-28-65(29-21-59)75(87)79-42-51-95(88,89)90)38-10-43-84(5,6)54-58-18-26-64(27-19-58)74(86)78-41-13-46-93-48-50-94-49-47-92-45-12-40-77/h14-37,52-53H,12-13,40-51,54-55,77H2,1-9H3,(H-2,78,79,86,87,88,89,90)/p+2. The van der Waals surface area contributed by atoms with E-state index in [1.807, 2.05) is 62.6 Å². The van der Waals surface area contributed by atoms with Crippen molar-refractivity contribution in [2.75, 3.05) is 132 Å². The fraction of sp³-hybridized carbons (Fsp3) is 0.333. The fourth-order valence-electron chi connectivity index (χ4n) is 11.6. The Bertz CT molecular complexity index is 4160. The molecule has 0 saturated heterocycles. The lowest BCUT2D eigenvalue weighted by molar-refractivity contribution is -0.896. The van der Waals surface area contributed by atoms with Crippen LogP contribution in [0.2, 0.25) is 0 Å². The van der Waals surface area contributed by atoms with E-state index in [0.29, 0.717) is 111 Å².